The number of rotatable bonds is 2. The van der Waals surface area contributed by atoms with Crippen molar-refractivity contribution in [3.63, 3.8) is 0 Å². The Labute approximate surface area is 176 Å². The first-order chi connectivity index (χ1) is 13.6. The van der Waals surface area contributed by atoms with Gasteiger partial charge in [0, 0.05) is 18.3 Å². The fraction of sp³-hybridized carbons (Fsp3) is 0.737. The van der Waals surface area contributed by atoms with E-state index in [-0.39, 0.29) is 40.7 Å². The van der Waals surface area contributed by atoms with Gasteiger partial charge in [-0.05, 0) is 38.0 Å². The van der Waals surface area contributed by atoms with Crippen molar-refractivity contribution in [3.05, 3.63) is 24.3 Å². The van der Waals surface area contributed by atoms with Crippen molar-refractivity contribution in [1.29, 1.82) is 0 Å². The monoisotopic (exact) mass is 446 g/mol. The summed E-state index contributed by atoms with van der Waals surface area (Å²) in [5.41, 5.74) is 0. The first kappa shape index (κ1) is 22.8. The summed E-state index contributed by atoms with van der Waals surface area (Å²) in [6, 6.07) is 0.173. The van der Waals surface area contributed by atoms with Crippen LogP contribution in [0.4, 0.5) is 0 Å². The number of nitrogens with zero attached hydrogens (tertiary/aromatic N) is 1. The zero-order chi connectivity index (χ0) is 21.2. The molecule has 2 aliphatic carbocycles. The highest BCUT2D eigenvalue weighted by Crippen LogP contribution is 2.55. The Morgan fingerprint density at radius 2 is 1.86 bits per heavy atom. The van der Waals surface area contributed by atoms with Gasteiger partial charge in [0.25, 0.3) is 10.1 Å². The van der Waals surface area contributed by atoms with Crippen molar-refractivity contribution in [2.24, 2.45) is 11.8 Å². The van der Waals surface area contributed by atoms with Gasteiger partial charge in [0.1, 0.15) is 0 Å². The van der Waals surface area contributed by atoms with E-state index < -0.39 is 10.1 Å². The lowest BCUT2D eigenvalue weighted by atomic mass is 9.71. The molecule has 0 aromatic carbocycles. The highest BCUT2D eigenvalue weighted by Gasteiger charge is 2.57. The smallest absolute Gasteiger partial charge is 0.261 e. The van der Waals surface area contributed by atoms with Crippen LogP contribution in [0.15, 0.2) is 24.3 Å². The molecule has 10 heteroatoms. The average Bonchev–Trinajstić information content (AvgIpc) is 3.01. The maximum Gasteiger partial charge on any atom is 0.261 e. The fourth-order valence-corrected chi connectivity index (χ4v) is 6.72. The second-order valence-corrected chi connectivity index (χ2v) is 11.1. The molecule has 4 atom stereocenters. The zero-order valence-corrected chi connectivity index (χ0v) is 18.1. The van der Waals surface area contributed by atoms with Gasteiger partial charge < -0.3 is 15.6 Å². The van der Waals surface area contributed by atoms with Crippen LogP contribution in [-0.4, -0.2) is 75.7 Å². The molecule has 29 heavy (non-hydrogen) atoms. The first-order valence-electron chi connectivity index (χ1n) is 9.96. The van der Waals surface area contributed by atoms with Crippen LogP contribution in [0, 0.1) is 11.8 Å². The van der Waals surface area contributed by atoms with E-state index in [0.717, 1.165) is 37.9 Å². The summed E-state index contributed by atoms with van der Waals surface area (Å²) >= 11 is 1.82. The van der Waals surface area contributed by atoms with Gasteiger partial charge in [0.15, 0.2) is 0 Å². The molecule has 0 radical (unpaired) electrons. The molecule has 1 saturated carbocycles. The predicted molar refractivity (Wildman–Crippen MR) is 111 cm³/mol. The topological polar surface area (TPSA) is 127 Å². The van der Waals surface area contributed by atoms with Gasteiger partial charge in [-0.1, -0.05) is 24.3 Å². The predicted octanol–water partition coefficient (Wildman–Crippen LogP) is 1.22. The Morgan fingerprint density at radius 3 is 2.52 bits per heavy atom. The summed E-state index contributed by atoms with van der Waals surface area (Å²) in [4.78, 5) is 12.9. The third kappa shape index (κ3) is 5.42. The molecule has 8 nitrogen and oxygen atoms in total. The summed E-state index contributed by atoms with van der Waals surface area (Å²) in [5.74, 6) is 1.26. The Morgan fingerprint density at radius 1 is 1.21 bits per heavy atom. The Kier molecular flexibility index (Phi) is 7.12. The third-order valence-electron chi connectivity index (χ3n) is 6.17. The minimum Gasteiger partial charge on any atom is -0.393 e. The molecule has 2 saturated heterocycles. The van der Waals surface area contributed by atoms with E-state index in [1.165, 1.54) is 5.06 Å². The lowest BCUT2D eigenvalue weighted by molar-refractivity contribution is -0.149. The van der Waals surface area contributed by atoms with Crippen LogP contribution >= 0.6 is 11.8 Å². The first-order valence-corrected chi connectivity index (χ1v) is 12.8. The third-order valence-corrected chi connectivity index (χ3v) is 7.88. The molecule has 1 amide bonds. The van der Waals surface area contributed by atoms with Crippen molar-refractivity contribution < 1.29 is 28.1 Å². The highest BCUT2D eigenvalue weighted by molar-refractivity contribution is 8.01. The van der Waals surface area contributed by atoms with Gasteiger partial charge in [0.05, 0.1) is 29.1 Å². The number of piperidine rings is 1. The number of nitrogens with one attached hydrogen (secondary N) is 1. The minimum atomic E-state index is -3.67. The number of aliphatic hydroxyl groups is 1. The number of amides is 1. The van der Waals surface area contributed by atoms with Gasteiger partial charge in [-0.15, -0.1) is 11.8 Å². The quantitative estimate of drug-likeness (QED) is 0.466. The van der Waals surface area contributed by atoms with Crippen molar-refractivity contribution in [2.75, 3.05) is 18.6 Å². The molecule has 4 rings (SSSR count). The maximum absolute atomic E-state index is 12.9. The van der Waals surface area contributed by atoms with Crippen molar-refractivity contribution in [3.8, 4) is 0 Å². The van der Waals surface area contributed by atoms with Crippen LogP contribution < -0.4 is 5.32 Å². The van der Waals surface area contributed by atoms with E-state index in [4.69, 9.17) is 4.55 Å². The normalized spacial score (nSPS) is 39.1. The molecular formula is C19H30N2O6S2. The number of allylic oxidation sites excluding steroid dienone is 2. The molecule has 4 aliphatic rings. The Hall–Kier alpha value is -0.910. The molecular weight excluding hydrogens is 416 g/mol. The number of carbonyl (C=O) groups is 1. The van der Waals surface area contributed by atoms with Crippen LogP contribution in [0.3, 0.4) is 0 Å². The van der Waals surface area contributed by atoms with E-state index in [1.54, 1.807) is 0 Å². The van der Waals surface area contributed by atoms with Crippen LogP contribution in [-0.2, 0) is 14.9 Å². The lowest BCUT2D eigenvalue weighted by Gasteiger charge is -2.47. The molecule has 0 aromatic rings. The number of thioether (sulfide) groups is 1. The molecule has 0 bridgehead atoms. The summed E-state index contributed by atoms with van der Waals surface area (Å²) in [6.07, 6.45) is 13.0. The number of hydrogen-bond acceptors (Lipinski definition) is 7. The van der Waals surface area contributed by atoms with Gasteiger partial charge in [-0.3, -0.25) is 9.35 Å². The summed E-state index contributed by atoms with van der Waals surface area (Å²) < 4.78 is 25.7. The van der Waals surface area contributed by atoms with Gasteiger partial charge in [0.2, 0.25) is 5.91 Å². The van der Waals surface area contributed by atoms with E-state index in [1.807, 2.05) is 17.8 Å². The molecule has 2 aliphatic heterocycles. The van der Waals surface area contributed by atoms with Gasteiger partial charge in [-0.2, -0.15) is 13.5 Å². The van der Waals surface area contributed by atoms with E-state index in [2.05, 4.69) is 23.5 Å². The number of aliphatic hydroxyl groups excluding tert-OH is 1. The van der Waals surface area contributed by atoms with Crippen molar-refractivity contribution in [1.82, 2.24) is 10.4 Å². The molecule has 4 unspecified atom stereocenters. The number of carbonyl (C=O) groups excluding carboxylic acids is 1. The number of hydroxylamine groups is 2. The summed E-state index contributed by atoms with van der Waals surface area (Å²) in [7, 11) is -3.67. The second-order valence-electron chi connectivity index (χ2n) is 8.27. The van der Waals surface area contributed by atoms with E-state index in [0.29, 0.717) is 12.8 Å². The minimum absolute atomic E-state index is 0.00852. The van der Waals surface area contributed by atoms with Gasteiger partial charge >= 0.3 is 0 Å². The largest absolute Gasteiger partial charge is 0.393 e. The highest BCUT2D eigenvalue weighted by atomic mass is 32.2. The molecule has 1 spiro atoms. The standard InChI is InChI=1S/C18H26N2O3S.CH4O3S/c21-13-6-4-12(5-7-13)19-17(22)14-11-24-18-9-2-1-3-16(18)20(23)10-8-15(14)18;1-5(2,3)4/h1-3,9,12-16,21,23H,4-8,10-11H2,(H,19,22);1H3,(H,2,3,4). The lowest BCUT2D eigenvalue weighted by Crippen LogP contribution is -2.57. The fourth-order valence-electron chi connectivity index (χ4n) is 4.83. The zero-order valence-electron chi connectivity index (χ0n) is 16.5. The second kappa shape index (κ2) is 9.07. The van der Waals surface area contributed by atoms with Crippen LogP contribution in [0.25, 0.3) is 0 Å². The maximum atomic E-state index is 12.9. The summed E-state index contributed by atoms with van der Waals surface area (Å²) in [5, 5.41) is 24.6. The Bertz CT molecular complexity index is 755. The van der Waals surface area contributed by atoms with Crippen LogP contribution in [0.1, 0.15) is 32.1 Å². The summed E-state index contributed by atoms with van der Waals surface area (Å²) in [6.45, 7) is 0.620. The SMILES string of the molecule is CS(=O)(=O)O.O=C(NC1CCC(O)CC1)C1CSC23C=CC=CC2N(O)CCC13. The molecule has 2 heterocycles. The van der Waals surface area contributed by atoms with Crippen LogP contribution in [0.5, 0.6) is 0 Å². The molecule has 0 aromatic heterocycles. The number of hydrogen-bond donors (Lipinski definition) is 4. The average molecular weight is 447 g/mol. The molecule has 4 N–H and O–H groups in total. The molecule has 164 valence electrons. The molecule has 3 fully saturated rings. The van der Waals surface area contributed by atoms with Crippen LogP contribution in [0.2, 0.25) is 0 Å². The van der Waals surface area contributed by atoms with Gasteiger partial charge in [-0.25, -0.2) is 0 Å². The van der Waals surface area contributed by atoms with Crippen molar-refractivity contribution >= 4 is 27.8 Å². The van der Waals surface area contributed by atoms with E-state index in [9.17, 15) is 23.5 Å². The Balaban J connectivity index is 0.000000431. The van der Waals surface area contributed by atoms with E-state index >= 15 is 0 Å². The van der Waals surface area contributed by atoms with Crippen molar-refractivity contribution in [2.45, 2.75) is 55.0 Å².